The summed E-state index contributed by atoms with van der Waals surface area (Å²) in [5.74, 6) is 0.969. The first kappa shape index (κ1) is 16.7. The molecule has 2 heterocycles. The quantitative estimate of drug-likeness (QED) is 0.696. The topological polar surface area (TPSA) is 19.0 Å². The van der Waals surface area contributed by atoms with Gasteiger partial charge in [-0.3, -0.25) is 0 Å². The van der Waals surface area contributed by atoms with E-state index in [4.69, 9.17) is 4.74 Å². The van der Waals surface area contributed by atoms with E-state index in [-0.39, 0.29) is 0 Å². The Bertz CT molecular complexity index is 325. The van der Waals surface area contributed by atoms with Crippen LogP contribution in [0.2, 0.25) is 0 Å². The van der Waals surface area contributed by atoms with Gasteiger partial charge in [0.25, 0.3) is 0 Å². The van der Waals surface area contributed by atoms with Gasteiger partial charge in [-0.05, 0) is 50.5 Å². The van der Waals surface area contributed by atoms with Crippen LogP contribution in [0.4, 0.5) is 0 Å². The zero-order valence-electron chi connectivity index (χ0n) is 14.7. The van der Waals surface area contributed by atoms with E-state index in [1.54, 1.807) is 7.11 Å². The summed E-state index contributed by atoms with van der Waals surface area (Å²) in [7, 11) is 4.07. The maximum Gasteiger partial charge on any atom is 0.0474 e. The van der Waals surface area contributed by atoms with Crippen LogP contribution in [-0.2, 0) is 4.74 Å². The van der Waals surface area contributed by atoms with Gasteiger partial charge in [0.15, 0.2) is 0 Å². The highest BCUT2D eigenvalue weighted by Gasteiger charge is 2.43. The van der Waals surface area contributed by atoms with Crippen molar-refractivity contribution in [2.75, 3.05) is 73.1 Å². The molecule has 0 aromatic heterocycles. The molecule has 4 heteroatoms. The molecule has 2 saturated heterocycles. The van der Waals surface area contributed by atoms with Gasteiger partial charge in [-0.2, -0.15) is 0 Å². The molecule has 128 valence electrons. The number of hydrogen-bond acceptors (Lipinski definition) is 4. The van der Waals surface area contributed by atoms with Gasteiger partial charge in [0.2, 0.25) is 0 Å². The van der Waals surface area contributed by atoms with E-state index in [2.05, 4.69) is 21.7 Å². The van der Waals surface area contributed by atoms with Crippen molar-refractivity contribution in [1.29, 1.82) is 0 Å². The van der Waals surface area contributed by atoms with Crippen LogP contribution in [0.1, 0.15) is 32.1 Å². The summed E-state index contributed by atoms with van der Waals surface area (Å²) in [5.41, 5.74) is 0.727. The van der Waals surface area contributed by atoms with E-state index in [1.807, 2.05) is 0 Å². The van der Waals surface area contributed by atoms with Gasteiger partial charge in [-0.25, -0.2) is 0 Å². The van der Waals surface area contributed by atoms with E-state index >= 15 is 0 Å². The normalized spacial score (nSPS) is 28.1. The van der Waals surface area contributed by atoms with E-state index in [9.17, 15) is 0 Å². The van der Waals surface area contributed by atoms with Gasteiger partial charge >= 0.3 is 0 Å². The standard InChI is InChI=1S/C18H35N3O/c1-19-15-18(16-19)6-4-17(5-7-18)14-21-11-9-20(10-12-21)8-3-13-22-2/h17H,3-16H2,1-2H3. The number of nitrogens with zero attached hydrogens (tertiary/aromatic N) is 3. The molecule has 0 aromatic rings. The van der Waals surface area contributed by atoms with Gasteiger partial charge in [0.05, 0.1) is 0 Å². The van der Waals surface area contributed by atoms with Crippen LogP contribution in [0.25, 0.3) is 0 Å². The van der Waals surface area contributed by atoms with Crippen molar-refractivity contribution in [3.05, 3.63) is 0 Å². The van der Waals surface area contributed by atoms with E-state index in [0.29, 0.717) is 0 Å². The number of likely N-dealkylation sites (tertiary alicyclic amines) is 1. The molecule has 0 N–H and O–H groups in total. The minimum absolute atomic E-state index is 0.727. The molecule has 0 atom stereocenters. The summed E-state index contributed by atoms with van der Waals surface area (Å²) in [6.07, 6.45) is 7.09. The molecule has 3 rings (SSSR count). The fourth-order valence-corrected chi connectivity index (χ4v) is 4.88. The van der Waals surface area contributed by atoms with Crippen LogP contribution in [0.5, 0.6) is 0 Å². The van der Waals surface area contributed by atoms with Crippen LogP contribution in [0.3, 0.4) is 0 Å². The summed E-state index contributed by atoms with van der Waals surface area (Å²) < 4.78 is 5.15. The average Bonchev–Trinajstić information content (AvgIpc) is 2.50. The zero-order chi connectivity index (χ0) is 15.4. The lowest BCUT2D eigenvalue weighted by Crippen LogP contribution is -2.56. The Morgan fingerprint density at radius 3 is 2.23 bits per heavy atom. The highest BCUT2D eigenvalue weighted by Crippen LogP contribution is 2.45. The fraction of sp³-hybridized carbons (Fsp3) is 1.00. The fourth-order valence-electron chi connectivity index (χ4n) is 4.88. The first-order chi connectivity index (χ1) is 10.7. The summed E-state index contributed by atoms with van der Waals surface area (Å²) in [6.45, 7) is 11.3. The monoisotopic (exact) mass is 309 g/mol. The van der Waals surface area contributed by atoms with E-state index < -0.39 is 0 Å². The van der Waals surface area contributed by atoms with Crippen molar-refractivity contribution in [3.63, 3.8) is 0 Å². The molecule has 3 aliphatic rings. The lowest BCUT2D eigenvalue weighted by molar-refractivity contribution is -0.0263. The van der Waals surface area contributed by atoms with Gasteiger partial charge in [-0.15, -0.1) is 0 Å². The molecular weight excluding hydrogens is 274 g/mol. The predicted molar refractivity (Wildman–Crippen MR) is 91.3 cm³/mol. The first-order valence-electron chi connectivity index (χ1n) is 9.31. The van der Waals surface area contributed by atoms with Gasteiger partial charge in [0, 0.05) is 66.1 Å². The second-order valence-electron chi connectivity index (χ2n) is 8.10. The van der Waals surface area contributed by atoms with Crippen LogP contribution in [0.15, 0.2) is 0 Å². The molecule has 3 fully saturated rings. The average molecular weight is 309 g/mol. The molecule has 4 nitrogen and oxygen atoms in total. The smallest absolute Gasteiger partial charge is 0.0474 e. The highest BCUT2D eigenvalue weighted by molar-refractivity contribution is 4.96. The highest BCUT2D eigenvalue weighted by atomic mass is 16.5. The Hall–Kier alpha value is -0.160. The Morgan fingerprint density at radius 2 is 1.64 bits per heavy atom. The van der Waals surface area contributed by atoms with Crippen molar-refractivity contribution in [2.24, 2.45) is 11.3 Å². The summed E-state index contributed by atoms with van der Waals surface area (Å²) >= 11 is 0. The van der Waals surface area contributed by atoms with Crippen LogP contribution in [0, 0.1) is 11.3 Å². The SMILES string of the molecule is COCCCN1CCN(CC2CCC3(CC2)CN(C)C3)CC1. The molecule has 1 aliphatic carbocycles. The first-order valence-corrected chi connectivity index (χ1v) is 9.31. The maximum absolute atomic E-state index is 5.15. The number of methoxy groups -OCH3 is 1. The molecule has 1 spiro atoms. The minimum Gasteiger partial charge on any atom is -0.385 e. The Kier molecular flexibility index (Phi) is 5.77. The molecule has 0 radical (unpaired) electrons. The second kappa shape index (κ2) is 7.61. The zero-order valence-corrected chi connectivity index (χ0v) is 14.7. The summed E-state index contributed by atoms with van der Waals surface area (Å²) in [6, 6.07) is 0. The Balaban J connectivity index is 1.30. The van der Waals surface area contributed by atoms with E-state index in [0.717, 1.165) is 17.9 Å². The van der Waals surface area contributed by atoms with Gasteiger partial charge in [-0.1, -0.05) is 0 Å². The maximum atomic E-state index is 5.15. The molecule has 22 heavy (non-hydrogen) atoms. The molecule has 2 aliphatic heterocycles. The van der Waals surface area contributed by atoms with Crippen molar-refractivity contribution >= 4 is 0 Å². The lowest BCUT2D eigenvalue weighted by atomic mass is 9.66. The van der Waals surface area contributed by atoms with Crippen molar-refractivity contribution < 1.29 is 4.74 Å². The van der Waals surface area contributed by atoms with Crippen LogP contribution < -0.4 is 0 Å². The molecule has 0 amide bonds. The van der Waals surface area contributed by atoms with Gasteiger partial charge in [0.1, 0.15) is 0 Å². The van der Waals surface area contributed by atoms with E-state index in [1.165, 1.54) is 84.5 Å². The third kappa shape index (κ3) is 4.22. The Labute approximate surface area is 136 Å². The summed E-state index contributed by atoms with van der Waals surface area (Å²) in [5, 5.41) is 0. The number of ether oxygens (including phenoxy) is 1. The number of hydrogen-bond donors (Lipinski definition) is 0. The predicted octanol–water partition coefficient (Wildman–Crippen LogP) is 1.76. The van der Waals surface area contributed by atoms with Crippen LogP contribution >= 0.6 is 0 Å². The molecule has 0 unspecified atom stereocenters. The number of piperazine rings is 1. The molecular formula is C18H35N3O. The molecule has 1 saturated carbocycles. The number of rotatable bonds is 6. The summed E-state index contributed by atoms with van der Waals surface area (Å²) in [4.78, 5) is 7.82. The minimum atomic E-state index is 0.727. The Morgan fingerprint density at radius 1 is 1.00 bits per heavy atom. The van der Waals surface area contributed by atoms with Gasteiger partial charge < -0.3 is 19.4 Å². The second-order valence-corrected chi connectivity index (χ2v) is 8.10. The largest absolute Gasteiger partial charge is 0.385 e. The van der Waals surface area contributed by atoms with Crippen molar-refractivity contribution in [2.45, 2.75) is 32.1 Å². The van der Waals surface area contributed by atoms with Crippen molar-refractivity contribution in [3.8, 4) is 0 Å². The molecule has 0 aromatic carbocycles. The molecule has 0 bridgehead atoms. The third-order valence-corrected chi connectivity index (χ3v) is 6.18. The third-order valence-electron chi connectivity index (χ3n) is 6.18. The van der Waals surface area contributed by atoms with Crippen LogP contribution in [-0.4, -0.2) is 87.8 Å². The lowest BCUT2D eigenvalue weighted by Gasteiger charge is -2.52. The van der Waals surface area contributed by atoms with Crippen molar-refractivity contribution in [1.82, 2.24) is 14.7 Å².